The van der Waals surface area contributed by atoms with Crippen LogP contribution in [0.5, 0.6) is 23.0 Å². The molecule has 0 radical (unpaired) electrons. The number of hydrogen-bond acceptors (Lipinski definition) is 12. The van der Waals surface area contributed by atoms with E-state index in [0.717, 1.165) is 0 Å². The second-order valence-electron chi connectivity index (χ2n) is 7.98. The Kier molecular flexibility index (Phi) is 8.99. The van der Waals surface area contributed by atoms with Crippen LogP contribution in [0.2, 0.25) is 0 Å². The minimum atomic E-state index is -0.726. The fraction of sp³-hybridized carbons (Fsp3) is 0.185. The molecule has 4 N–H and O–H groups in total. The number of hydrogen-bond donors (Lipinski definition) is 4. The van der Waals surface area contributed by atoms with Crippen molar-refractivity contribution in [3.63, 3.8) is 0 Å². The molecule has 0 fully saturated rings. The fourth-order valence-electron chi connectivity index (χ4n) is 3.47. The minimum Gasteiger partial charge on any atom is -0.493 e. The second kappa shape index (κ2) is 13.0. The van der Waals surface area contributed by atoms with E-state index in [1.165, 1.54) is 24.8 Å². The first-order valence-corrected chi connectivity index (χ1v) is 12.0. The average Bonchev–Trinajstić information content (AvgIpc) is 2.99. The van der Waals surface area contributed by atoms with Gasteiger partial charge in [0.25, 0.3) is 5.91 Å². The van der Waals surface area contributed by atoms with Crippen LogP contribution in [0.1, 0.15) is 12.7 Å². The number of carbonyl (C=O) groups excluding carboxylic acids is 1. The molecule has 0 aliphatic heterocycles. The molecule has 4 rings (SSSR count). The van der Waals surface area contributed by atoms with E-state index in [1.807, 2.05) is 0 Å². The van der Waals surface area contributed by atoms with E-state index in [1.54, 1.807) is 57.7 Å². The Bertz CT molecular complexity index is 1530. The van der Waals surface area contributed by atoms with Crippen molar-refractivity contribution in [1.82, 2.24) is 19.9 Å². The van der Waals surface area contributed by atoms with Gasteiger partial charge in [0.1, 0.15) is 23.9 Å². The fourth-order valence-corrected chi connectivity index (χ4v) is 3.47. The monoisotopic (exact) mass is 545 g/mol. The van der Waals surface area contributed by atoms with Crippen molar-refractivity contribution in [2.75, 3.05) is 31.5 Å². The summed E-state index contributed by atoms with van der Waals surface area (Å²) in [6, 6.07) is 8.44. The van der Waals surface area contributed by atoms with E-state index in [0.29, 0.717) is 39.6 Å². The highest BCUT2D eigenvalue weighted by atomic mass is 16.5. The number of methoxy groups -OCH3 is 2. The Morgan fingerprint density at radius 2 is 1.75 bits per heavy atom. The lowest BCUT2D eigenvalue weighted by atomic mass is 10.2. The number of nitrogens with zero attached hydrogens (tertiary/aromatic N) is 4. The van der Waals surface area contributed by atoms with Crippen molar-refractivity contribution in [3.05, 3.63) is 72.9 Å². The van der Waals surface area contributed by atoms with E-state index >= 15 is 0 Å². The van der Waals surface area contributed by atoms with Gasteiger partial charge in [0, 0.05) is 23.8 Å². The molecular weight excluding hydrogens is 518 g/mol. The Morgan fingerprint density at radius 3 is 2.40 bits per heavy atom. The van der Waals surface area contributed by atoms with Gasteiger partial charge in [-0.05, 0) is 31.2 Å². The maximum atomic E-state index is 12.7. The van der Waals surface area contributed by atoms with Gasteiger partial charge in [0.05, 0.1) is 50.6 Å². The molecule has 0 saturated heterocycles. The predicted molar refractivity (Wildman–Crippen MR) is 147 cm³/mol. The van der Waals surface area contributed by atoms with E-state index in [-0.39, 0.29) is 30.6 Å². The highest BCUT2D eigenvalue weighted by Crippen LogP contribution is 2.36. The molecule has 0 atom stereocenters. The number of aromatic nitrogens is 4. The maximum absolute atomic E-state index is 12.7. The Morgan fingerprint density at radius 1 is 1.00 bits per heavy atom. The van der Waals surface area contributed by atoms with Crippen molar-refractivity contribution in [1.29, 1.82) is 5.41 Å². The van der Waals surface area contributed by atoms with Crippen LogP contribution in [0.3, 0.4) is 0 Å². The summed E-state index contributed by atoms with van der Waals surface area (Å²) in [5, 5.41) is 23.5. The first-order chi connectivity index (χ1) is 19.4. The summed E-state index contributed by atoms with van der Waals surface area (Å²) in [5.74, 6) is 1.80. The number of benzene rings is 1. The van der Waals surface area contributed by atoms with Crippen molar-refractivity contribution in [2.24, 2.45) is 0 Å². The number of aliphatic hydroxyl groups excluding tert-OH is 1. The SMILES string of the molecule is CCO/C(=C/Nc1cnc(CO)nc1)C(=N)C(=O)Nc1ccc(Oc2ccnc3cc(OC)c(OC)cc23)cn1. The number of aliphatic hydroxyl groups is 1. The van der Waals surface area contributed by atoms with Crippen molar-refractivity contribution in [2.45, 2.75) is 13.5 Å². The Balaban J connectivity index is 1.43. The van der Waals surface area contributed by atoms with Gasteiger partial charge in [-0.25, -0.2) is 15.0 Å². The first kappa shape index (κ1) is 27.7. The third-order valence-electron chi connectivity index (χ3n) is 5.40. The molecule has 206 valence electrons. The van der Waals surface area contributed by atoms with Crippen LogP contribution in [0.25, 0.3) is 10.9 Å². The number of amides is 1. The zero-order valence-corrected chi connectivity index (χ0v) is 22.0. The number of rotatable bonds is 12. The van der Waals surface area contributed by atoms with E-state index in [4.69, 9.17) is 29.5 Å². The van der Waals surface area contributed by atoms with Gasteiger partial charge in [-0.1, -0.05) is 0 Å². The summed E-state index contributed by atoms with van der Waals surface area (Å²) in [5.41, 5.74) is 0.726. The number of carbonyl (C=O) groups is 1. The highest BCUT2D eigenvalue weighted by Gasteiger charge is 2.17. The lowest BCUT2D eigenvalue weighted by Crippen LogP contribution is -2.25. The van der Waals surface area contributed by atoms with Crippen LogP contribution >= 0.6 is 0 Å². The van der Waals surface area contributed by atoms with Gasteiger partial charge >= 0.3 is 0 Å². The molecule has 0 aliphatic carbocycles. The van der Waals surface area contributed by atoms with Crippen LogP contribution in [0.15, 0.2) is 67.1 Å². The van der Waals surface area contributed by atoms with Crippen LogP contribution in [-0.4, -0.2) is 57.5 Å². The molecule has 1 aromatic carbocycles. The lowest BCUT2D eigenvalue weighted by molar-refractivity contribution is -0.110. The molecule has 13 heteroatoms. The zero-order valence-electron chi connectivity index (χ0n) is 22.0. The first-order valence-electron chi connectivity index (χ1n) is 12.0. The molecule has 1 amide bonds. The Labute approximate surface area is 229 Å². The highest BCUT2D eigenvalue weighted by molar-refractivity contribution is 6.47. The topological polar surface area (TPSA) is 174 Å². The van der Waals surface area contributed by atoms with Crippen molar-refractivity contribution in [3.8, 4) is 23.0 Å². The largest absolute Gasteiger partial charge is 0.493 e. The van der Waals surface area contributed by atoms with Gasteiger partial charge < -0.3 is 34.7 Å². The molecular formula is C27H27N7O6. The summed E-state index contributed by atoms with van der Waals surface area (Å²) in [4.78, 5) is 29.2. The van der Waals surface area contributed by atoms with Gasteiger partial charge in [-0.15, -0.1) is 0 Å². The number of pyridine rings is 2. The number of anilines is 2. The summed E-state index contributed by atoms with van der Waals surface area (Å²) in [6.07, 6.45) is 7.34. The zero-order chi connectivity index (χ0) is 28.5. The van der Waals surface area contributed by atoms with Crippen LogP contribution in [0, 0.1) is 5.41 Å². The normalized spacial score (nSPS) is 11.1. The molecule has 0 unspecified atom stereocenters. The van der Waals surface area contributed by atoms with Gasteiger partial charge in [-0.3, -0.25) is 15.2 Å². The summed E-state index contributed by atoms with van der Waals surface area (Å²) >= 11 is 0. The van der Waals surface area contributed by atoms with E-state index < -0.39 is 11.6 Å². The number of fused-ring (bicyclic) bond motifs is 1. The van der Waals surface area contributed by atoms with Crippen LogP contribution in [-0.2, 0) is 16.1 Å². The maximum Gasteiger partial charge on any atom is 0.278 e. The molecule has 0 spiro atoms. The lowest BCUT2D eigenvalue weighted by Gasteiger charge is -2.13. The van der Waals surface area contributed by atoms with Crippen molar-refractivity contribution < 1.29 is 28.8 Å². The van der Waals surface area contributed by atoms with Crippen LogP contribution < -0.4 is 24.8 Å². The smallest absolute Gasteiger partial charge is 0.278 e. The van der Waals surface area contributed by atoms with Gasteiger partial charge in [0.2, 0.25) is 0 Å². The molecule has 3 aromatic heterocycles. The summed E-state index contributed by atoms with van der Waals surface area (Å²) < 4.78 is 22.2. The summed E-state index contributed by atoms with van der Waals surface area (Å²) in [6.45, 7) is 1.69. The van der Waals surface area contributed by atoms with E-state index in [2.05, 4.69) is 30.6 Å². The standard InChI is InChI=1S/C27H27N7O6/c1-4-39-23(14-30-16-11-31-25(15-35)32-12-16)26(28)27(36)34-24-6-5-17(13-33-24)40-20-7-8-29-19-10-22(38-3)21(37-2)9-18(19)20/h5-14,28,30,35H,4,15H2,1-3H3,(H,33,34,36)/b23-14+,28-26?. The van der Waals surface area contributed by atoms with Gasteiger partial charge in [0.15, 0.2) is 28.8 Å². The number of ether oxygens (including phenoxy) is 4. The molecule has 3 heterocycles. The second-order valence-corrected chi connectivity index (χ2v) is 7.98. The third kappa shape index (κ3) is 6.57. The molecule has 0 bridgehead atoms. The molecule has 0 saturated carbocycles. The van der Waals surface area contributed by atoms with Crippen molar-refractivity contribution >= 4 is 34.0 Å². The molecule has 13 nitrogen and oxygen atoms in total. The average molecular weight is 546 g/mol. The molecule has 0 aliphatic rings. The summed E-state index contributed by atoms with van der Waals surface area (Å²) in [7, 11) is 3.10. The molecule has 4 aromatic rings. The van der Waals surface area contributed by atoms with E-state index in [9.17, 15) is 4.79 Å². The van der Waals surface area contributed by atoms with Crippen LogP contribution in [0.4, 0.5) is 11.5 Å². The number of nitrogens with one attached hydrogen (secondary N) is 3. The molecule has 40 heavy (non-hydrogen) atoms. The minimum absolute atomic E-state index is 0.00260. The quantitative estimate of drug-likeness (QED) is 0.151. The predicted octanol–water partition coefficient (Wildman–Crippen LogP) is 3.67. The van der Waals surface area contributed by atoms with Gasteiger partial charge in [-0.2, -0.15) is 0 Å². The Hall–Kier alpha value is -5.30. The third-order valence-corrected chi connectivity index (χ3v) is 5.40.